The second-order valence-electron chi connectivity index (χ2n) is 4.00. The van der Waals surface area contributed by atoms with Crippen LogP contribution >= 0.6 is 0 Å². The SMILES string of the molecule is C/C(=C/C(=O)O)CNc1cc(C)ccc1C. The van der Waals surface area contributed by atoms with E-state index in [4.69, 9.17) is 5.11 Å². The van der Waals surface area contributed by atoms with Crippen LogP contribution in [-0.4, -0.2) is 17.6 Å². The van der Waals surface area contributed by atoms with Crippen LogP contribution < -0.4 is 5.32 Å². The van der Waals surface area contributed by atoms with E-state index < -0.39 is 5.97 Å². The van der Waals surface area contributed by atoms with E-state index in [1.165, 1.54) is 11.6 Å². The summed E-state index contributed by atoms with van der Waals surface area (Å²) in [5.41, 5.74) is 4.20. The maximum absolute atomic E-state index is 10.4. The minimum absolute atomic E-state index is 0.552. The first-order chi connectivity index (χ1) is 7.49. The van der Waals surface area contributed by atoms with Crippen molar-refractivity contribution in [1.82, 2.24) is 0 Å². The number of carboxylic acid groups (broad SMARTS) is 1. The number of rotatable bonds is 4. The first-order valence-corrected chi connectivity index (χ1v) is 5.20. The van der Waals surface area contributed by atoms with E-state index in [1.807, 2.05) is 19.9 Å². The number of benzene rings is 1. The number of nitrogens with one attached hydrogen (secondary N) is 1. The molecule has 2 N–H and O–H groups in total. The maximum Gasteiger partial charge on any atom is 0.328 e. The number of aliphatic carboxylic acids is 1. The van der Waals surface area contributed by atoms with E-state index in [9.17, 15) is 4.79 Å². The van der Waals surface area contributed by atoms with E-state index in [0.29, 0.717) is 6.54 Å². The molecule has 0 fully saturated rings. The molecule has 16 heavy (non-hydrogen) atoms. The van der Waals surface area contributed by atoms with Crippen molar-refractivity contribution in [2.75, 3.05) is 11.9 Å². The highest BCUT2D eigenvalue weighted by Crippen LogP contribution is 2.16. The number of aryl methyl sites for hydroxylation is 2. The lowest BCUT2D eigenvalue weighted by Crippen LogP contribution is -2.05. The standard InChI is InChI=1S/C13H17NO2/c1-9-4-5-11(3)12(6-9)14-8-10(2)7-13(15)16/h4-7,14H,8H2,1-3H3,(H,15,16)/b10-7-. The average molecular weight is 219 g/mol. The van der Waals surface area contributed by atoms with Crippen molar-refractivity contribution < 1.29 is 9.90 Å². The third-order valence-corrected chi connectivity index (χ3v) is 2.32. The fraction of sp³-hybridized carbons (Fsp3) is 0.308. The van der Waals surface area contributed by atoms with Gasteiger partial charge in [-0.1, -0.05) is 12.1 Å². The molecule has 0 unspecified atom stereocenters. The van der Waals surface area contributed by atoms with Gasteiger partial charge in [0.1, 0.15) is 0 Å². The van der Waals surface area contributed by atoms with Gasteiger partial charge in [-0.15, -0.1) is 0 Å². The number of hydrogen-bond acceptors (Lipinski definition) is 2. The number of carbonyl (C=O) groups is 1. The lowest BCUT2D eigenvalue weighted by atomic mass is 10.1. The van der Waals surface area contributed by atoms with Gasteiger partial charge < -0.3 is 10.4 Å². The van der Waals surface area contributed by atoms with Gasteiger partial charge in [0.2, 0.25) is 0 Å². The molecule has 0 aliphatic rings. The van der Waals surface area contributed by atoms with Crippen LogP contribution in [0.5, 0.6) is 0 Å². The normalized spacial score (nSPS) is 11.3. The Morgan fingerprint density at radius 2 is 2.12 bits per heavy atom. The Balaban J connectivity index is 2.68. The zero-order valence-electron chi connectivity index (χ0n) is 9.87. The molecule has 1 aromatic carbocycles. The molecule has 3 nitrogen and oxygen atoms in total. The Morgan fingerprint density at radius 3 is 2.75 bits per heavy atom. The molecule has 0 saturated carbocycles. The topological polar surface area (TPSA) is 49.3 Å². The predicted octanol–water partition coefficient (Wildman–Crippen LogP) is 2.75. The van der Waals surface area contributed by atoms with E-state index >= 15 is 0 Å². The molecule has 1 aromatic rings. The zero-order chi connectivity index (χ0) is 12.1. The van der Waals surface area contributed by atoms with Crippen molar-refractivity contribution in [3.8, 4) is 0 Å². The molecule has 0 heterocycles. The highest BCUT2D eigenvalue weighted by Gasteiger charge is 1.99. The minimum atomic E-state index is -0.903. The van der Waals surface area contributed by atoms with Crippen molar-refractivity contribution in [3.05, 3.63) is 41.0 Å². The molecular weight excluding hydrogens is 202 g/mol. The van der Waals surface area contributed by atoms with Crippen molar-refractivity contribution in [1.29, 1.82) is 0 Å². The van der Waals surface area contributed by atoms with Crippen molar-refractivity contribution in [3.63, 3.8) is 0 Å². The van der Waals surface area contributed by atoms with Crippen LogP contribution in [0.1, 0.15) is 18.1 Å². The number of hydrogen-bond donors (Lipinski definition) is 2. The van der Waals surface area contributed by atoms with E-state index in [-0.39, 0.29) is 0 Å². The fourth-order valence-electron chi connectivity index (χ4n) is 1.42. The molecule has 0 atom stereocenters. The molecule has 0 bridgehead atoms. The Kier molecular flexibility index (Phi) is 4.11. The summed E-state index contributed by atoms with van der Waals surface area (Å²) in [5.74, 6) is -0.903. The van der Waals surface area contributed by atoms with Gasteiger partial charge in [0.15, 0.2) is 0 Å². The summed E-state index contributed by atoms with van der Waals surface area (Å²) in [6.45, 7) is 6.41. The van der Waals surface area contributed by atoms with Crippen LogP contribution in [0.25, 0.3) is 0 Å². The van der Waals surface area contributed by atoms with Gasteiger partial charge in [0, 0.05) is 18.3 Å². The summed E-state index contributed by atoms with van der Waals surface area (Å²) < 4.78 is 0. The van der Waals surface area contributed by atoms with Crippen LogP contribution in [0, 0.1) is 13.8 Å². The molecule has 86 valence electrons. The van der Waals surface area contributed by atoms with E-state index in [1.54, 1.807) is 6.92 Å². The van der Waals surface area contributed by atoms with E-state index in [0.717, 1.165) is 16.8 Å². The summed E-state index contributed by atoms with van der Waals surface area (Å²) in [6, 6.07) is 6.16. The Morgan fingerprint density at radius 1 is 1.44 bits per heavy atom. The molecule has 1 rings (SSSR count). The smallest absolute Gasteiger partial charge is 0.328 e. The zero-order valence-corrected chi connectivity index (χ0v) is 9.87. The Bertz CT molecular complexity index is 422. The van der Waals surface area contributed by atoms with Gasteiger partial charge >= 0.3 is 5.97 Å². The predicted molar refractivity (Wildman–Crippen MR) is 65.8 cm³/mol. The molecule has 0 radical (unpaired) electrons. The second kappa shape index (κ2) is 5.35. The first kappa shape index (κ1) is 12.3. The summed E-state index contributed by atoms with van der Waals surface area (Å²) in [7, 11) is 0. The summed E-state index contributed by atoms with van der Waals surface area (Å²) in [4.78, 5) is 10.4. The Hall–Kier alpha value is -1.77. The van der Waals surface area contributed by atoms with Crippen molar-refractivity contribution in [2.45, 2.75) is 20.8 Å². The molecule has 0 aromatic heterocycles. The molecule has 0 aliphatic carbocycles. The summed E-state index contributed by atoms with van der Waals surface area (Å²) in [6.07, 6.45) is 1.22. The number of anilines is 1. The highest BCUT2D eigenvalue weighted by molar-refractivity contribution is 5.80. The quantitative estimate of drug-likeness (QED) is 0.765. The van der Waals surface area contributed by atoms with Crippen LogP contribution in [0.4, 0.5) is 5.69 Å². The van der Waals surface area contributed by atoms with Gasteiger partial charge in [-0.2, -0.15) is 0 Å². The average Bonchev–Trinajstić information content (AvgIpc) is 2.18. The molecular formula is C13H17NO2. The monoisotopic (exact) mass is 219 g/mol. The van der Waals surface area contributed by atoms with Gasteiger partial charge in [-0.25, -0.2) is 4.79 Å². The fourth-order valence-corrected chi connectivity index (χ4v) is 1.42. The van der Waals surface area contributed by atoms with Crippen LogP contribution in [-0.2, 0) is 4.79 Å². The van der Waals surface area contributed by atoms with Crippen LogP contribution in [0.3, 0.4) is 0 Å². The molecule has 3 heteroatoms. The van der Waals surface area contributed by atoms with E-state index in [2.05, 4.69) is 17.4 Å². The molecule has 0 saturated heterocycles. The number of carboxylic acids is 1. The molecule has 0 amide bonds. The maximum atomic E-state index is 10.4. The van der Waals surface area contributed by atoms with Crippen molar-refractivity contribution in [2.24, 2.45) is 0 Å². The van der Waals surface area contributed by atoms with Gasteiger partial charge in [-0.05, 0) is 43.5 Å². The van der Waals surface area contributed by atoms with Crippen LogP contribution in [0.15, 0.2) is 29.8 Å². The highest BCUT2D eigenvalue weighted by atomic mass is 16.4. The van der Waals surface area contributed by atoms with Gasteiger partial charge in [-0.3, -0.25) is 0 Å². The minimum Gasteiger partial charge on any atom is -0.478 e. The lowest BCUT2D eigenvalue weighted by molar-refractivity contribution is -0.131. The van der Waals surface area contributed by atoms with Gasteiger partial charge in [0.05, 0.1) is 0 Å². The third kappa shape index (κ3) is 3.77. The van der Waals surface area contributed by atoms with Crippen molar-refractivity contribution >= 4 is 11.7 Å². The lowest BCUT2D eigenvalue weighted by Gasteiger charge is -2.10. The summed E-state index contributed by atoms with van der Waals surface area (Å²) in [5, 5.41) is 11.8. The van der Waals surface area contributed by atoms with Gasteiger partial charge in [0.25, 0.3) is 0 Å². The second-order valence-corrected chi connectivity index (χ2v) is 4.00. The molecule has 0 spiro atoms. The largest absolute Gasteiger partial charge is 0.478 e. The molecule has 0 aliphatic heterocycles. The van der Waals surface area contributed by atoms with Crippen LogP contribution in [0.2, 0.25) is 0 Å². The first-order valence-electron chi connectivity index (χ1n) is 5.20. The summed E-state index contributed by atoms with van der Waals surface area (Å²) >= 11 is 0. The Labute approximate surface area is 95.8 Å². The third-order valence-electron chi connectivity index (χ3n) is 2.32.